The Hall–Kier alpha value is -3.07. The lowest BCUT2D eigenvalue weighted by molar-refractivity contribution is -0.125. The minimum Gasteiger partial charge on any atom is -0.496 e. The molecule has 0 bridgehead atoms. The maximum atomic E-state index is 14.2. The molecule has 0 spiro atoms. The minimum atomic E-state index is -0.626. The van der Waals surface area contributed by atoms with Crippen LogP contribution in [0.5, 0.6) is 5.75 Å². The molecular formula is C22H28FN5O3. The fraction of sp³-hybridized carbons (Fsp3) is 0.455. The number of rotatable bonds is 7. The van der Waals surface area contributed by atoms with Crippen molar-refractivity contribution in [2.75, 3.05) is 33.8 Å². The third kappa shape index (κ3) is 6.21. The first-order valence-corrected chi connectivity index (χ1v) is 10.3. The molecule has 2 heterocycles. The molecule has 2 amide bonds. The van der Waals surface area contributed by atoms with Crippen LogP contribution in [0.15, 0.2) is 36.8 Å². The maximum Gasteiger partial charge on any atom is 0.258 e. The van der Waals surface area contributed by atoms with Gasteiger partial charge in [-0.2, -0.15) is 0 Å². The lowest BCUT2D eigenvalue weighted by atomic mass is 10.0. The van der Waals surface area contributed by atoms with Crippen molar-refractivity contribution in [2.24, 2.45) is 5.92 Å². The highest BCUT2D eigenvalue weighted by Gasteiger charge is 2.28. The summed E-state index contributed by atoms with van der Waals surface area (Å²) in [7, 11) is 3.31. The number of hydrogen-bond donors (Lipinski definition) is 2. The first-order chi connectivity index (χ1) is 15.0. The number of carbonyl (C=O) groups is 2. The fourth-order valence-corrected chi connectivity index (χ4v) is 3.81. The minimum absolute atomic E-state index is 0.0153. The lowest BCUT2D eigenvalue weighted by Gasteiger charge is -2.22. The Bertz CT molecular complexity index is 896. The number of benzene rings is 1. The molecule has 1 aliphatic rings. The highest BCUT2D eigenvalue weighted by Crippen LogP contribution is 2.22. The maximum absolute atomic E-state index is 14.2. The summed E-state index contributed by atoms with van der Waals surface area (Å²) in [6.45, 7) is 1.66. The summed E-state index contributed by atoms with van der Waals surface area (Å²) in [5.74, 6) is -1.14. The van der Waals surface area contributed by atoms with Gasteiger partial charge in [-0.25, -0.2) is 4.39 Å². The van der Waals surface area contributed by atoms with Gasteiger partial charge < -0.3 is 20.3 Å². The number of amides is 2. The van der Waals surface area contributed by atoms with E-state index in [0.29, 0.717) is 38.9 Å². The van der Waals surface area contributed by atoms with Crippen molar-refractivity contribution < 1.29 is 18.7 Å². The van der Waals surface area contributed by atoms with Gasteiger partial charge in [0.1, 0.15) is 17.1 Å². The predicted octanol–water partition coefficient (Wildman–Crippen LogP) is 1.42. The van der Waals surface area contributed by atoms with E-state index in [1.165, 1.54) is 19.2 Å². The third-order valence-electron chi connectivity index (χ3n) is 5.35. The zero-order valence-electron chi connectivity index (χ0n) is 17.8. The Morgan fingerprint density at radius 2 is 2.10 bits per heavy atom. The van der Waals surface area contributed by atoms with Crippen molar-refractivity contribution in [3.63, 3.8) is 0 Å². The summed E-state index contributed by atoms with van der Waals surface area (Å²) >= 11 is 0. The smallest absolute Gasteiger partial charge is 0.258 e. The molecule has 0 saturated carbocycles. The SMILES string of the molecule is COc1cccc(F)c1C(=O)N[C@H]1CC[C@@H](C(=O)NCCc2cnccn2)CN(C)C1. The number of nitrogens with one attached hydrogen (secondary N) is 2. The number of carbonyl (C=O) groups excluding carboxylic acids is 2. The van der Waals surface area contributed by atoms with Gasteiger partial charge in [0.2, 0.25) is 5.91 Å². The number of likely N-dealkylation sites (tertiary alicyclic amines) is 1. The molecular weight excluding hydrogens is 401 g/mol. The molecule has 1 aromatic heterocycles. The Kier molecular flexibility index (Phi) is 7.88. The Morgan fingerprint density at radius 3 is 2.84 bits per heavy atom. The Balaban J connectivity index is 1.54. The molecule has 1 saturated heterocycles. The number of hydrogen-bond acceptors (Lipinski definition) is 6. The standard InChI is InChI=1S/C22H28FN5O3/c1-28-13-15(21(29)26-9-8-16-12-24-10-11-25-16)6-7-17(14-28)27-22(30)20-18(23)4-3-5-19(20)31-2/h3-5,10-12,15,17H,6-9,13-14H2,1-2H3,(H,26,29)(H,27,30)/t15-,17+/m1/s1. The molecule has 8 nitrogen and oxygen atoms in total. The van der Waals surface area contributed by atoms with E-state index in [9.17, 15) is 14.0 Å². The zero-order chi connectivity index (χ0) is 22.2. The topological polar surface area (TPSA) is 96.4 Å². The number of halogens is 1. The third-order valence-corrected chi connectivity index (χ3v) is 5.35. The van der Waals surface area contributed by atoms with Crippen molar-refractivity contribution >= 4 is 11.8 Å². The van der Waals surface area contributed by atoms with Gasteiger partial charge in [0, 0.05) is 50.7 Å². The number of methoxy groups -OCH3 is 1. The van der Waals surface area contributed by atoms with Crippen molar-refractivity contribution in [3.8, 4) is 5.75 Å². The molecule has 1 aliphatic heterocycles. The Labute approximate surface area is 181 Å². The van der Waals surface area contributed by atoms with Crippen LogP contribution in [0.2, 0.25) is 0 Å². The number of aromatic nitrogens is 2. The normalized spacial score (nSPS) is 19.3. The van der Waals surface area contributed by atoms with Crippen LogP contribution >= 0.6 is 0 Å². The van der Waals surface area contributed by atoms with Gasteiger partial charge in [0.05, 0.1) is 18.7 Å². The summed E-state index contributed by atoms with van der Waals surface area (Å²) in [4.78, 5) is 35.6. The molecule has 2 N–H and O–H groups in total. The number of nitrogens with zero attached hydrogens (tertiary/aromatic N) is 3. The summed E-state index contributed by atoms with van der Waals surface area (Å²) in [6, 6.07) is 4.09. The van der Waals surface area contributed by atoms with Crippen LogP contribution in [0, 0.1) is 11.7 Å². The van der Waals surface area contributed by atoms with Crippen LogP contribution in [0.1, 0.15) is 28.9 Å². The summed E-state index contributed by atoms with van der Waals surface area (Å²) in [5.41, 5.74) is 0.724. The van der Waals surface area contributed by atoms with E-state index in [1.807, 2.05) is 11.9 Å². The molecule has 1 aromatic carbocycles. The van der Waals surface area contributed by atoms with Crippen LogP contribution in [0.25, 0.3) is 0 Å². The molecule has 0 aliphatic carbocycles. The van der Waals surface area contributed by atoms with Crippen LogP contribution in [0.3, 0.4) is 0 Å². The fourth-order valence-electron chi connectivity index (χ4n) is 3.81. The van der Waals surface area contributed by atoms with Gasteiger partial charge in [-0.1, -0.05) is 6.07 Å². The largest absolute Gasteiger partial charge is 0.496 e. The molecule has 31 heavy (non-hydrogen) atoms. The van der Waals surface area contributed by atoms with Gasteiger partial charge in [-0.3, -0.25) is 19.6 Å². The summed E-state index contributed by atoms with van der Waals surface area (Å²) in [6.07, 6.45) is 6.79. The van der Waals surface area contributed by atoms with Gasteiger partial charge >= 0.3 is 0 Å². The molecule has 3 rings (SSSR count). The number of ether oxygens (including phenoxy) is 1. The van der Waals surface area contributed by atoms with Crippen LogP contribution in [-0.2, 0) is 11.2 Å². The highest BCUT2D eigenvalue weighted by atomic mass is 19.1. The van der Waals surface area contributed by atoms with Gasteiger partial charge in [-0.05, 0) is 32.0 Å². The van der Waals surface area contributed by atoms with E-state index in [4.69, 9.17) is 4.74 Å². The van der Waals surface area contributed by atoms with Crippen molar-refractivity contribution in [3.05, 3.63) is 53.9 Å². The van der Waals surface area contributed by atoms with Crippen molar-refractivity contribution in [1.82, 2.24) is 25.5 Å². The van der Waals surface area contributed by atoms with E-state index in [2.05, 4.69) is 20.6 Å². The molecule has 166 valence electrons. The predicted molar refractivity (Wildman–Crippen MR) is 113 cm³/mol. The molecule has 2 aromatic rings. The van der Waals surface area contributed by atoms with Gasteiger partial charge in [0.15, 0.2) is 0 Å². The molecule has 9 heteroatoms. The first kappa shape index (κ1) is 22.6. The van der Waals surface area contributed by atoms with Crippen molar-refractivity contribution in [1.29, 1.82) is 0 Å². The second kappa shape index (κ2) is 10.8. The monoisotopic (exact) mass is 429 g/mol. The summed E-state index contributed by atoms with van der Waals surface area (Å²) in [5, 5.41) is 5.86. The average Bonchev–Trinajstić information content (AvgIpc) is 2.95. The quantitative estimate of drug-likeness (QED) is 0.691. The number of likely N-dealkylation sites (N-methyl/N-ethyl adjacent to an activating group) is 1. The second-order valence-corrected chi connectivity index (χ2v) is 7.72. The highest BCUT2D eigenvalue weighted by molar-refractivity contribution is 5.97. The van der Waals surface area contributed by atoms with E-state index in [0.717, 1.165) is 5.69 Å². The first-order valence-electron chi connectivity index (χ1n) is 10.3. The van der Waals surface area contributed by atoms with Crippen LogP contribution in [0.4, 0.5) is 4.39 Å². The van der Waals surface area contributed by atoms with Crippen LogP contribution < -0.4 is 15.4 Å². The van der Waals surface area contributed by atoms with E-state index in [1.54, 1.807) is 24.7 Å². The van der Waals surface area contributed by atoms with E-state index >= 15 is 0 Å². The lowest BCUT2D eigenvalue weighted by Crippen LogP contribution is -2.42. The molecule has 2 atom stereocenters. The molecule has 0 unspecified atom stereocenters. The van der Waals surface area contributed by atoms with E-state index in [-0.39, 0.29) is 29.2 Å². The molecule has 0 radical (unpaired) electrons. The van der Waals surface area contributed by atoms with E-state index < -0.39 is 11.7 Å². The molecule has 1 fully saturated rings. The van der Waals surface area contributed by atoms with Crippen molar-refractivity contribution in [2.45, 2.75) is 25.3 Å². The average molecular weight is 429 g/mol. The Morgan fingerprint density at radius 1 is 1.26 bits per heavy atom. The summed E-state index contributed by atoms with van der Waals surface area (Å²) < 4.78 is 19.3. The second-order valence-electron chi connectivity index (χ2n) is 7.72. The van der Waals surface area contributed by atoms with Gasteiger partial charge in [-0.15, -0.1) is 0 Å². The van der Waals surface area contributed by atoms with Gasteiger partial charge in [0.25, 0.3) is 5.91 Å². The zero-order valence-corrected chi connectivity index (χ0v) is 17.8. The van der Waals surface area contributed by atoms with Crippen LogP contribution in [-0.4, -0.2) is 66.5 Å².